The molecule has 9 nitrogen and oxygen atoms in total. The predicted octanol–water partition coefficient (Wildman–Crippen LogP) is 6.11. The highest BCUT2D eigenvalue weighted by Crippen LogP contribution is 2.53. The number of rotatable bonds is 8. The summed E-state index contributed by atoms with van der Waals surface area (Å²) in [4.78, 5) is 26.5. The zero-order valence-corrected chi connectivity index (χ0v) is 25.9. The summed E-state index contributed by atoms with van der Waals surface area (Å²) in [6, 6.07) is 21.1. The lowest BCUT2D eigenvalue weighted by Gasteiger charge is -2.34. The third-order valence-electron chi connectivity index (χ3n) is 7.81. The third kappa shape index (κ3) is 7.14. The van der Waals surface area contributed by atoms with Gasteiger partial charge in [-0.05, 0) is 93.1 Å². The molecule has 1 saturated carbocycles. The van der Waals surface area contributed by atoms with E-state index in [0.29, 0.717) is 18.1 Å². The Balaban J connectivity index is 1.23. The molecular weight excluding hydrogens is 590 g/mol. The van der Waals surface area contributed by atoms with Gasteiger partial charge in [0.1, 0.15) is 11.1 Å². The summed E-state index contributed by atoms with van der Waals surface area (Å²) in [5.74, 6) is -1.74. The lowest BCUT2D eigenvalue weighted by Crippen LogP contribution is -2.44. The number of sulfonamides is 1. The highest BCUT2D eigenvalue weighted by Gasteiger charge is 2.63. The quantitative estimate of drug-likeness (QED) is 0.276. The Hall–Kier alpha value is -3.60. The van der Waals surface area contributed by atoms with Crippen molar-refractivity contribution >= 4 is 39.4 Å². The first-order chi connectivity index (χ1) is 20.3. The molecule has 3 aromatic rings. The summed E-state index contributed by atoms with van der Waals surface area (Å²) in [5.41, 5.74) is 1.07. The molecule has 11 heteroatoms. The van der Waals surface area contributed by atoms with Gasteiger partial charge in [0.25, 0.3) is 0 Å². The zero-order valence-electron chi connectivity index (χ0n) is 24.3. The Bertz CT molecular complexity index is 1600. The number of hydrogen-bond acceptors (Lipinski definition) is 6. The van der Waals surface area contributed by atoms with Crippen LogP contribution in [0.2, 0.25) is 5.02 Å². The van der Waals surface area contributed by atoms with Crippen LogP contribution in [0.3, 0.4) is 0 Å². The van der Waals surface area contributed by atoms with E-state index >= 15 is 0 Å². The summed E-state index contributed by atoms with van der Waals surface area (Å²) in [6.07, 6.45) is 1.31. The van der Waals surface area contributed by atoms with E-state index < -0.39 is 33.1 Å². The van der Waals surface area contributed by atoms with Crippen LogP contribution < -0.4 is 10.0 Å². The van der Waals surface area contributed by atoms with E-state index in [1.54, 1.807) is 29.2 Å². The van der Waals surface area contributed by atoms with Gasteiger partial charge in [0, 0.05) is 35.8 Å². The summed E-state index contributed by atoms with van der Waals surface area (Å²) < 4.78 is 34.6. The molecular formula is C32H36ClN3O6S. The molecule has 0 radical (unpaired) electrons. The van der Waals surface area contributed by atoms with Gasteiger partial charge in [-0.1, -0.05) is 48.0 Å². The van der Waals surface area contributed by atoms with E-state index in [0.717, 1.165) is 35.2 Å². The van der Waals surface area contributed by atoms with E-state index in [9.17, 15) is 23.1 Å². The van der Waals surface area contributed by atoms with Gasteiger partial charge >= 0.3 is 12.1 Å². The van der Waals surface area contributed by atoms with Crippen LogP contribution in [0.15, 0.2) is 77.7 Å². The molecule has 3 N–H and O–H groups in total. The van der Waals surface area contributed by atoms with E-state index in [1.165, 1.54) is 12.1 Å². The minimum absolute atomic E-state index is 0.00960. The predicted molar refractivity (Wildman–Crippen MR) is 166 cm³/mol. The van der Waals surface area contributed by atoms with E-state index in [4.69, 9.17) is 16.3 Å². The van der Waals surface area contributed by atoms with Crippen LogP contribution in [0.1, 0.15) is 51.5 Å². The molecule has 1 heterocycles. The number of carboxylic acids is 1. The number of aliphatic carboxylic acids is 1. The number of halogens is 1. The second-order valence-electron chi connectivity index (χ2n) is 12.2. The summed E-state index contributed by atoms with van der Waals surface area (Å²) >= 11 is 5.96. The Morgan fingerprint density at radius 3 is 2.16 bits per heavy atom. The monoisotopic (exact) mass is 625 g/mol. The van der Waals surface area contributed by atoms with Crippen molar-refractivity contribution in [3.8, 4) is 11.1 Å². The van der Waals surface area contributed by atoms with Crippen molar-refractivity contribution in [2.45, 2.75) is 68.0 Å². The average Bonchev–Trinajstić information content (AvgIpc) is 3.68. The molecule has 1 saturated heterocycles. The first-order valence-electron chi connectivity index (χ1n) is 14.2. The number of hydrogen-bond donors (Lipinski definition) is 3. The lowest BCUT2D eigenvalue weighted by atomic mass is 10.0. The number of benzene rings is 3. The Labute approximate surface area is 257 Å². The molecule has 1 aliphatic heterocycles. The van der Waals surface area contributed by atoms with Crippen LogP contribution in [0, 0.1) is 0 Å². The maximum absolute atomic E-state index is 13.3. The van der Waals surface area contributed by atoms with Crippen molar-refractivity contribution in [2.75, 3.05) is 18.4 Å². The first-order valence-corrected chi connectivity index (χ1v) is 16.1. The van der Waals surface area contributed by atoms with Crippen molar-refractivity contribution in [3.05, 3.63) is 83.4 Å². The Kier molecular flexibility index (Phi) is 8.48. The molecule has 0 unspecified atom stereocenters. The van der Waals surface area contributed by atoms with Gasteiger partial charge in [-0.25, -0.2) is 13.2 Å². The topological polar surface area (TPSA) is 125 Å². The van der Waals surface area contributed by atoms with Gasteiger partial charge in [0.05, 0.1) is 4.90 Å². The summed E-state index contributed by atoms with van der Waals surface area (Å²) in [7, 11) is -4.11. The zero-order chi connectivity index (χ0) is 31.0. The molecule has 2 aliphatic rings. The van der Waals surface area contributed by atoms with Crippen LogP contribution >= 0.6 is 11.6 Å². The second kappa shape index (κ2) is 11.8. The van der Waals surface area contributed by atoms with E-state index in [2.05, 4.69) is 10.0 Å². The molecule has 2 fully saturated rings. The minimum Gasteiger partial charge on any atom is -0.480 e. The number of carbonyl (C=O) groups is 2. The lowest BCUT2D eigenvalue weighted by molar-refractivity contribution is -0.140. The average molecular weight is 626 g/mol. The molecule has 228 valence electrons. The van der Waals surface area contributed by atoms with Gasteiger partial charge in [0.15, 0.2) is 0 Å². The number of ether oxygens (including phenoxy) is 1. The summed E-state index contributed by atoms with van der Waals surface area (Å²) in [5, 5.41) is 14.2. The molecule has 1 amide bonds. The molecule has 5 rings (SSSR count). The number of likely N-dealkylation sites (tertiary alicyclic amines) is 1. The van der Waals surface area contributed by atoms with Crippen molar-refractivity contribution < 1.29 is 27.9 Å². The SMILES string of the molecule is CC(C)(C)OC(=O)N1CCC(Nc2cccc([C@H]3C[C@@]3(NS(=O)(=O)c3ccc(-c4ccc(Cl)cc4)cc3)C(=O)O)c2)CC1. The Morgan fingerprint density at radius 1 is 0.977 bits per heavy atom. The molecule has 0 spiro atoms. The van der Waals surface area contributed by atoms with Gasteiger partial charge in [-0.15, -0.1) is 0 Å². The first kappa shape index (κ1) is 30.8. The molecule has 43 heavy (non-hydrogen) atoms. The normalized spacial score (nSPS) is 20.8. The number of anilines is 1. The van der Waals surface area contributed by atoms with Gasteiger partial charge in [0.2, 0.25) is 10.0 Å². The van der Waals surface area contributed by atoms with Gasteiger partial charge < -0.3 is 20.1 Å². The highest BCUT2D eigenvalue weighted by atomic mass is 35.5. The van der Waals surface area contributed by atoms with Crippen LogP contribution in [0.5, 0.6) is 0 Å². The minimum atomic E-state index is -4.11. The maximum Gasteiger partial charge on any atom is 0.410 e. The summed E-state index contributed by atoms with van der Waals surface area (Å²) in [6.45, 7) is 6.67. The molecule has 2 atom stereocenters. The molecule has 0 aromatic heterocycles. The van der Waals surface area contributed by atoms with Crippen LogP contribution in [0.25, 0.3) is 11.1 Å². The number of carboxylic acid groups (broad SMARTS) is 1. The number of nitrogens with zero attached hydrogens (tertiary/aromatic N) is 1. The van der Waals surface area contributed by atoms with Crippen LogP contribution in [-0.4, -0.2) is 60.8 Å². The number of piperidine rings is 1. The van der Waals surface area contributed by atoms with Crippen LogP contribution in [0.4, 0.5) is 10.5 Å². The van der Waals surface area contributed by atoms with Gasteiger partial charge in [-0.3, -0.25) is 4.79 Å². The number of carbonyl (C=O) groups excluding carboxylic acids is 1. The maximum atomic E-state index is 13.3. The van der Waals surface area contributed by atoms with Crippen molar-refractivity contribution in [3.63, 3.8) is 0 Å². The fraction of sp³-hybridized carbons (Fsp3) is 0.375. The largest absolute Gasteiger partial charge is 0.480 e. The van der Waals surface area contributed by atoms with Gasteiger partial charge in [-0.2, -0.15) is 4.72 Å². The van der Waals surface area contributed by atoms with E-state index in [-0.39, 0.29) is 23.5 Å². The standard InChI is InChI=1S/C32H36ClN3O6S/c1-31(2,3)42-30(39)36-17-15-25(16-18-36)34-26-6-4-5-23(19-26)28-20-32(28,29(37)38)35-43(40,41)27-13-9-22(10-14-27)21-7-11-24(33)12-8-21/h4-14,19,25,28,34-35H,15-18,20H2,1-3H3,(H,37,38)/t28-,32+/m1/s1. The Morgan fingerprint density at radius 2 is 1.58 bits per heavy atom. The van der Waals surface area contributed by atoms with Crippen molar-refractivity contribution in [2.24, 2.45) is 0 Å². The second-order valence-corrected chi connectivity index (χ2v) is 14.3. The van der Waals surface area contributed by atoms with Crippen molar-refractivity contribution in [1.82, 2.24) is 9.62 Å². The highest BCUT2D eigenvalue weighted by molar-refractivity contribution is 7.89. The number of amides is 1. The number of nitrogens with one attached hydrogen (secondary N) is 2. The van der Waals surface area contributed by atoms with E-state index in [1.807, 2.05) is 57.2 Å². The van der Waals surface area contributed by atoms with Crippen molar-refractivity contribution in [1.29, 1.82) is 0 Å². The fourth-order valence-corrected chi connectivity index (χ4v) is 6.97. The van der Waals surface area contributed by atoms with Crippen LogP contribution in [-0.2, 0) is 19.6 Å². The molecule has 0 bridgehead atoms. The third-order valence-corrected chi connectivity index (χ3v) is 9.59. The smallest absolute Gasteiger partial charge is 0.410 e. The fourth-order valence-electron chi connectivity index (χ4n) is 5.44. The molecule has 1 aliphatic carbocycles. The molecule has 3 aromatic carbocycles.